The molecule has 0 fully saturated rings. The van der Waals surface area contributed by atoms with Crippen molar-refractivity contribution in [3.8, 4) is 5.75 Å². The highest BCUT2D eigenvalue weighted by atomic mass is 16.5. The van der Waals surface area contributed by atoms with Crippen LogP contribution in [0.3, 0.4) is 0 Å². The molecule has 0 saturated heterocycles. The monoisotopic (exact) mass is 396 g/mol. The number of guanidine groups is 1. The van der Waals surface area contributed by atoms with Crippen LogP contribution < -0.4 is 15.4 Å². The maximum Gasteiger partial charge on any atom is 0.192 e. The van der Waals surface area contributed by atoms with Crippen molar-refractivity contribution in [1.29, 1.82) is 0 Å². The van der Waals surface area contributed by atoms with Gasteiger partial charge in [0.25, 0.3) is 0 Å². The molecule has 0 radical (unpaired) electrons. The molecule has 2 aromatic heterocycles. The number of benzene rings is 1. The third kappa shape index (κ3) is 5.56. The van der Waals surface area contributed by atoms with Gasteiger partial charge in [-0.1, -0.05) is 12.1 Å². The zero-order valence-electron chi connectivity index (χ0n) is 17.4. The zero-order chi connectivity index (χ0) is 20.6. The summed E-state index contributed by atoms with van der Waals surface area (Å²) in [5, 5.41) is 19.2. The van der Waals surface area contributed by atoms with Crippen molar-refractivity contribution >= 4 is 5.96 Å². The van der Waals surface area contributed by atoms with E-state index in [0.717, 1.165) is 42.0 Å². The van der Waals surface area contributed by atoms with Crippen molar-refractivity contribution in [3.05, 3.63) is 59.4 Å². The fraction of sp³-hybridized carbons (Fsp3) is 0.400. The van der Waals surface area contributed by atoms with E-state index in [1.807, 2.05) is 48.5 Å². The molecule has 0 atom stereocenters. The van der Waals surface area contributed by atoms with Gasteiger partial charge in [-0.15, -0.1) is 10.2 Å². The Balaban J connectivity index is 1.61. The molecule has 2 heterocycles. The fourth-order valence-corrected chi connectivity index (χ4v) is 2.78. The minimum atomic E-state index is 0.534. The van der Waals surface area contributed by atoms with Crippen molar-refractivity contribution < 1.29 is 4.74 Å². The quantitative estimate of drug-likeness (QED) is 0.441. The van der Waals surface area contributed by atoms with Gasteiger partial charge in [-0.3, -0.25) is 4.68 Å². The summed E-state index contributed by atoms with van der Waals surface area (Å²) in [6.45, 7) is 3.76. The van der Waals surface area contributed by atoms with E-state index < -0.39 is 0 Å². The molecule has 0 saturated carbocycles. The van der Waals surface area contributed by atoms with Crippen molar-refractivity contribution in [2.75, 3.05) is 13.7 Å². The Morgan fingerprint density at radius 1 is 1.10 bits per heavy atom. The smallest absolute Gasteiger partial charge is 0.192 e. The Morgan fingerprint density at radius 2 is 1.90 bits per heavy atom. The molecule has 3 rings (SSSR count). The van der Waals surface area contributed by atoms with Crippen LogP contribution >= 0.6 is 0 Å². The number of nitrogens with zero attached hydrogens (tertiary/aromatic N) is 6. The number of methoxy groups -OCH3 is 1. The minimum absolute atomic E-state index is 0.534. The van der Waals surface area contributed by atoms with Crippen molar-refractivity contribution in [1.82, 2.24) is 35.2 Å². The first kappa shape index (κ1) is 20.4. The number of aromatic nitrogens is 5. The maximum atomic E-state index is 5.21. The van der Waals surface area contributed by atoms with Gasteiger partial charge >= 0.3 is 0 Å². The van der Waals surface area contributed by atoms with E-state index in [1.165, 1.54) is 5.56 Å². The lowest BCUT2D eigenvalue weighted by molar-refractivity contribution is 0.414. The van der Waals surface area contributed by atoms with E-state index in [2.05, 4.69) is 38.1 Å². The van der Waals surface area contributed by atoms with E-state index >= 15 is 0 Å². The molecule has 0 unspecified atom stereocenters. The van der Waals surface area contributed by atoms with E-state index in [9.17, 15) is 0 Å². The van der Waals surface area contributed by atoms with Gasteiger partial charge in [-0.25, -0.2) is 4.99 Å². The molecule has 0 spiro atoms. The second-order valence-corrected chi connectivity index (χ2v) is 6.71. The van der Waals surface area contributed by atoms with Crippen LogP contribution in [0.5, 0.6) is 5.75 Å². The van der Waals surface area contributed by atoms with Crippen LogP contribution in [0, 0.1) is 6.92 Å². The number of aliphatic imine (C=N–C) groups is 1. The Morgan fingerprint density at radius 3 is 2.52 bits per heavy atom. The first-order chi connectivity index (χ1) is 14.1. The molecule has 0 amide bonds. The highest BCUT2D eigenvalue weighted by Gasteiger charge is 2.07. The average Bonchev–Trinajstić information content (AvgIpc) is 3.29. The minimum Gasteiger partial charge on any atom is -0.497 e. The first-order valence-electron chi connectivity index (χ1n) is 9.53. The number of rotatable bonds is 8. The fourth-order valence-electron chi connectivity index (χ4n) is 2.78. The molecular formula is C20H28N8O. The lowest BCUT2D eigenvalue weighted by Crippen LogP contribution is -2.38. The largest absolute Gasteiger partial charge is 0.497 e. The maximum absolute atomic E-state index is 5.21. The lowest BCUT2D eigenvalue weighted by Gasteiger charge is -2.13. The number of hydrogen-bond acceptors (Lipinski definition) is 5. The first-order valence-corrected chi connectivity index (χ1v) is 9.53. The summed E-state index contributed by atoms with van der Waals surface area (Å²) in [5.41, 5.74) is 2.27. The summed E-state index contributed by atoms with van der Waals surface area (Å²) >= 11 is 0. The number of aryl methyl sites for hydroxylation is 2. The van der Waals surface area contributed by atoms with Crippen LogP contribution in [0.15, 0.2) is 41.5 Å². The van der Waals surface area contributed by atoms with Crippen LogP contribution in [-0.2, 0) is 33.6 Å². The lowest BCUT2D eigenvalue weighted by atomic mass is 10.1. The molecule has 9 heteroatoms. The second-order valence-electron chi connectivity index (χ2n) is 6.71. The predicted molar refractivity (Wildman–Crippen MR) is 112 cm³/mol. The second kappa shape index (κ2) is 9.72. The molecule has 154 valence electrons. The van der Waals surface area contributed by atoms with Gasteiger partial charge in [-0.05, 0) is 37.1 Å². The van der Waals surface area contributed by atoms with Crippen molar-refractivity contribution in [2.45, 2.75) is 26.4 Å². The van der Waals surface area contributed by atoms with E-state index in [4.69, 9.17) is 9.73 Å². The predicted octanol–water partition coefficient (Wildman–Crippen LogP) is 1.34. The van der Waals surface area contributed by atoms with Crippen LogP contribution in [0.25, 0.3) is 0 Å². The third-order valence-electron chi connectivity index (χ3n) is 4.78. The van der Waals surface area contributed by atoms with E-state index in [0.29, 0.717) is 13.1 Å². The standard InChI is InChI=1S/C20H28N8O/c1-15-25-26-19(27(15)2)14-23-20(22-13-17-10-12-24-28(17)3)21-11-9-16-5-7-18(29-4)8-6-16/h5-8,10,12H,9,11,13-14H2,1-4H3,(H2,21,22,23). The Bertz CT molecular complexity index is 942. The third-order valence-corrected chi connectivity index (χ3v) is 4.78. The van der Waals surface area contributed by atoms with Crippen molar-refractivity contribution in [2.24, 2.45) is 19.1 Å². The van der Waals surface area contributed by atoms with Crippen LogP contribution in [0.4, 0.5) is 0 Å². The van der Waals surface area contributed by atoms with Crippen LogP contribution in [-0.4, -0.2) is 44.2 Å². The summed E-state index contributed by atoms with van der Waals surface area (Å²) in [6.07, 6.45) is 2.65. The van der Waals surface area contributed by atoms with Gasteiger partial charge in [0.2, 0.25) is 0 Å². The number of ether oxygens (including phenoxy) is 1. The molecule has 0 aliphatic rings. The van der Waals surface area contributed by atoms with Gasteiger partial charge in [0.15, 0.2) is 11.8 Å². The van der Waals surface area contributed by atoms with Gasteiger partial charge in [0.05, 0.1) is 25.9 Å². The zero-order valence-corrected chi connectivity index (χ0v) is 17.4. The van der Waals surface area contributed by atoms with Gasteiger partial charge in [0, 0.05) is 26.8 Å². The van der Waals surface area contributed by atoms with E-state index in [-0.39, 0.29) is 0 Å². The summed E-state index contributed by atoms with van der Waals surface area (Å²) in [7, 11) is 5.54. The molecule has 2 N–H and O–H groups in total. The van der Waals surface area contributed by atoms with Crippen LogP contribution in [0.2, 0.25) is 0 Å². The van der Waals surface area contributed by atoms with E-state index in [1.54, 1.807) is 13.3 Å². The summed E-state index contributed by atoms with van der Waals surface area (Å²) in [6, 6.07) is 10.1. The van der Waals surface area contributed by atoms with Crippen LogP contribution in [0.1, 0.15) is 22.9 Å². The number of nitrogens with one attached hydrogen (secondary N) is 2. The topological polar surface area (TPSA) is 94.2 Å². The molecule has 1 aromatic carbocycles. The highest BCUT2D eigenvalue weighted by Crippen LogP contribution is 2.11. The van der Waals surface area contributed by atoms with Crippen molar-refractivity contribution in [3.63, 3.8) is 0 Å². The van der Waals surface area contributed by atoms with Gasteiger partial charge < -0.3 is 19.9 Å². The molecule has 0 aliphatic heterocycles. The average molecular weight is 396 g/mol. The Labute approximate surface area is 170 Å². The summed E-state index contributed by atoms with van der Waals surface area (Å²) in [4.78, 5) is 4.69. The van der Waals surface area contributed by atoms with Gasteiger partial charge in [0.1, 0.15) is 11.6 Å². The molecular weight excluding hydrogens is 368 g/mol. The molecule has 9 nitrogen and oxygen atoms in total. The van der Waals surface area contributed by atoms with Gasteiger partial charge in [-0.2, -0.15) is 5.10 Å². The molecule has 3 aromatic rings. The molecule has 0 aliphatic carbocycles. The Kier molecular flexibility index (Phi) is 6.83. The molecule has 0 bridgehead atoms. The molecule has 29 heavy (non-hydrogen) atoms. The SMILES string of the molecule is COc1ccc(CCNC(=NCc2ccnn2C)NCc2nnc(C)n2C)cc1. The highest BCUT2D eigenvalue weighted by molar-refractivity contribution is 5.79. The number of hydrogen-bond donors (Lipinski definition) is 2. The normalized spacial score (nSPS) is 11.5. The Hall–Kier alpha value is -3.36. The summed E-state index contributed by atoms with van der Waals surface area (Å²) < 4.78 is 8.99. The summed E-state index contributed by atoms with van der Waals surface area (Å²) in [5.74, 6) is 3.32.